The minimum Gasteiger partial charge on any atom is -0.497 e. The second kappa shape index (κ2) is 8.35. The highest BCUT2D eigenvalue weighted by Crippen LogP contribution is 2.37. The van der Waals surface area contributed by atoms with Gasteiger partial charge < -0.3 is 16.3 Å². The van der Waals surface area contributed by atoms with Crippen LogP contribution in [0, 0.1) is 0 Å². The van der Waals surface area contributed by atoms with Gasteiger partial charge in [-0.25, -0.2) is 14.6 Å². The fourth-order valence-electron chi connectivity index (χ4n) is 3.91. The summed E-state index contributed by atoms with van der Waals surface area (Å²) in [5.74, 6) is 9.38. The molecule has 3 aromatic heterocycles. The average molecular weight is 454 g/mol. The third-order valence-corrected chi connectivity index (χ3v) is 7.61. The summed E-state index contributed by atoms with van der Waals surface area (Å²) >= 11 is 3.20. The van der Waals surface area contributed by atoms with E-state index >= 15 is 0 Å². The molecule has 1 aliphatic rings. The number of aromatic nitrogens is 5. The van der Waals surface area contributed by atoms with E-state index in [0.717, 1.165) is 34.4 Å². The van der Waals surface area contributed by atoms with E-state index in [-0.39, 0.29) is 0 Å². The number of thioether (sulfide) groups is 1. The Labute approximate surface area is 188 Å². The molecule has 3 heterocycles. The van der Waals surface area contributed by atoms with E-state index in [0.29, 0.717) is 28.4 Å². The van der Waals surface area contributed by atoms with E-state index in [9.17, 15) is 0 Å². The first kappa shape index (κ1) is 20.1. The zero-order chi connectivity index (χ0) is 21.4. The molecule has 1 aliphatic carbocycles. The summed E-state index contributed by atoms with van der Waals surface area (Å²) in [5, 5.41) is 10.1. The van der Waals surface area contributed by atoms with Crippen LogP contribution in [0.1, 0.15) is 35.5 Å². The molecule has 0 spiro atoms. The number of nitrogen functional groups attached to an aromatic ring is 2. The molecule has 0 fully saturated rings. The minimum absolute atomic E-state index is 0.515. The molecule has 0 bridgehead atoms. The molecule has 5 rings (SSSR count). The normalized spacial score (nSPS) is 13.8. The van der Waals surface area contributed by atoms with Gasteiger partial charge in [0.25, 0.3) is 0 Å². The molecule has 0 radical (unpaired) electrons. The summed E-state index contributed by atoms with van der Waals surface area (Å²) in [7, 11) is 1.63. The maximum atomic E-state index is 6.36. The molecule has 4 N–H and O–H groups in total. The number of anilines is 1. The Morgan fingerprint density at radius 1 is 1.10 bits per heavy atom. The fraction of sp³-hybridized carbons (Fsp3) is 0.333. The molecule has 1 aromatic carbocycles. The third-order valence-electron chi connectivity index (χ3n) is 5.48. The number of benzene rings is 1. The van der Waals surface area contributed by atoms with Crippen molar-refractivity contribution in [1.29, 1.82) is 0 Å². The first-order valence-corrected chi connectivity index (χ1v) is 12.0. The Kier molecular flexibility index (Phi) is 5.41. The van der Waals surface area contributed by atoms with Crippen LogP contribution in [0.15, 0.2) is 29.4 Å². The van der Waals surface area contributed by atoms with Crippen LogP contribution >= 0.6 is 23.1 Å². The number of nitrogens with zero attached hydrogens (tertiary/aromatic N) is 5. The molecule has 160 valence electrons. The van der Waals surface area contributed by atoms with Gasteiger partial charge in [0, 0.05) is 10.4 Å². The zero-order valence-electron chi connectivity index (χ0n) is 17.2. The van der Waals surface area contributed by atoms with E-state index in [1.54, 1.807) is 18.4 Å². The largest absolute Gasteiger partial charge is 0.497 e. The van der Waals surface area contributed by atoms with Crippen molar-refractivity contribution in [2.45, 2.75) is 43.0 Å². The van der Waals surface area contributed by atoms with Crippen molar-refractivity contribution < 1.29 is 4.74 Å². The summed E-state index contributed by atoms with van der Waals surface area (Å²) in [5.41, 5.74) is 8.58. The molecule has 8 nitrogen and oxygen atoms in total. The number of methoxy groups -OCH3 is 1. The topological polar surface area (TPSA) is 118 Å². The SMILES string of the molecule is COc1ccc(-c2nnc(SCc3nc(N)c4c5c(sc4n3)CCCCC5)n2N)cc1. The molecule has 0 saturated carbocycles. The number of nitrogens with two attached hydrogens (primary N) is 2. The lowest BCUT2D eigenvalue weighted by Crippen LogP contribution is -2.11. The summed E-state index contributed by atoms with van der Waals surface area (Å²) < 4.78 is 6.69. The highest BCUT2D eigenvalue weighted by Gasteiger charge is 2.20. The van der Waals surface area contributed by atoms with Crippen LogP contribution < -0.4 is 16.3 Å². The lowest BCUT2D eigenvalue weighted by Gasteiger charge is -2.06. The summed E-state index contributed by atoms with van der Waals surface area (Å²) in [6, 6.07) is 7.54. The van der Waals surface area contributed by atoms with Crippen LogP contribution in [-0.4, -0.2) is 32.0 Å². The van der Waals surface area contributed by atoms with E-state index < -0.39 is 0 Å². The number of hydrogen-bond acceptors (Lipinski definition) is 9. The number of fused-ring (bicyclic) bond motifs is 3. The monoisotopic (exact) mass is 453 g/mol. The molecular weight excluding hydrogens is 430 g/mol. The van der Waals surface area contributed by atoms with Crippen LogP contribution in [0.3, 0.4) is 0 Å². The van der Waals surface area contributed by atoms with Gasteiger partial charge >= 0.3 is 0 Å². The molecular formula is C21H23N7OS2. The standard InChI is InChI=1S/C21H23N7OS2/c1-29-13-9-7-12(8-10-13)19-26-27-21(28(19)23)30-11-16-24-18(22)17-14-5-3-2-4-6-15(14)31-20(17)25-16/h7-10H,2-6,11,23H2,1H3,(H2,22,24,25). The van der Waals surface area contributed by atoms with Crippen molar-refractivity contribution in [2.75, 3.05) is 18.7 Å². The molecule has 0 saturated heterocycles. The van der Waals surface area contributed by atoms with Crippen molar-refractivity contribution in [2.24, 2.45) is 0 Å². The summed E-state index contributed by atoms with van der Waals surface area (Å²) in [6.07, 6.45) is 5.90. The Balaban J connectivity index is 1.37. The van der Waals surface area contributed by atoms with E-state index in [1.807, 2.05) is 24.3 Å². The summed E-state index contributed by atoms with van der Waals surface area (Å²) in [4.78, 5) is 11.8. The maximum absolute atomic E-state index is 6.36. The van der Waals surface area contributed by atoms with Crippen LogP contribution in [0.25, 0.3) is 21.6 Å². The zero-order valence-corrected chi connectivity index (χ0v) is 18.8. The lowest BCUT2D eigenvalue weighted by molar-refractivity contribution is 0.415. The number of hydrogen-bond donors (Lipinski definition) is 2. The van der Waals surface area contributed by atoms with Crippen LogP contribution in [0.5, 0.6) is 5.75 Å². The number of ether oxygens (including phenoxy) is 1. The smallest absolute Gasteiger partial charge is 0.210 e. The molecule has 0 aliphatic heterocycles. The van der Waals surface area contributed by atoms with Crippen molar-refractivity contribution in [1.82, 2.24) is 24.8 Å². The number of rotatable bonds is 5. The fourth-order valence-corrected chi connectivity index (χ4v) is 5.91. The summed E-state index contributed by atoms with van der Waals surface area (Å²) in [6.45, 7) is 0. The first-order chi connectivity index (χ1) is 15.1. The van der Waals surface area contributed by atoms with Crippen LogP contribution in [-0.2, 0) is 18.6 Å². The Hall–Kier alpha value is -2.85. The predicted octanol–water partition coefficient (Wildman–Crippen LogP) is 3.82. The van der Waals surface area contributed by atoms with Gasteiger partial charge in [-0.05, 0) is 55.5 Å². The highest BCUT2D eigenvalue weighted by atomic mass is 32.2. The molecule has 0 atom stereocenters. The van der Waals surface area contributed by atoms with Crippen molar-refractivity contribution >= 4 is 39.1 Å². The highest BCUT2D eigenvalue weighted by molar-refractivity contribution is 7.98. The van der Waals surface area contributed by atoms with Crippen molar-refractivity contribution in [3.8, 4) is 17.1 Å². The van der Waals surface area contributed by atoms with E-state index in [2.05, 4.69) is 15.2 Å². The molecule has 31 heavy (non-hydrogen) atoms. The van der Waals surface area contributed by atoms with Crippen LogP contribution in [0.4, 0.5) is 5.82 Å². The molecule has 0 amide bonds. The first-order valence-electron chi connectivity index (χ1n) is 10.2. The van der Waals surface area contributed by atoms with Crippen molar-refractivity contribution in [3.63, 3.8) is 0 Å². The van der Waals surface area contributed by atoms with Gasteiger partial charge in [-0.1, -0.05) is 18.2 Å². The van der Waals surface area contributed by atoms with Gasteiger partial charge in [0.2, 0.25) is 5.16 Å². The van der Waals surface area contributed by atoms with Gasteiger partial charge in [-0.15, -0.1) is 21.5 Å². The van der Waals surface area contributed by atoms with Crippen LogP contribution in [0.2, 0.25) is 0 Å². The quantitative estimate of drug-likeness (QED) is 0.266. The van der Waals surface area contributed by atoms with Gasteiger partial charge in [0.15, 0.2) is 5.82 Å². The van der Waals surface area contributed by atoms with E-state index in [1.165, 1.54) is 46.1 Å². The molecule has 0 unspecified atom stereocenters. The Bertz CT molecular complexity index is 1230. The van der Waals surface area contributed by atoms with Gasteiger partial charge in [0.05, 0.1) is 18.2 Å². The molecule has 4 aromatic rings. The predicted molar refractivity (Wildman–Crippen MR) is 125 cm³/mol. The average Bonchev–Trinajstić information content (AvgIpc) is 3.23. The van der Waals surface area contributed by atoms with E-state index in [4.69, 9.17) is 21.3 Å². The Morgan fingerprint density at radius 3 is 2.71 bits per heavy atom. The van der Waals surface area contributed by atoms with Gasteiger partial charge in [-0.3, -0.25) is 0 Å². The van der Waals surface area contributed by atoms with Gasteiger partial charge in [-0.2, -0.15) is 0 Å². The van der Waals surface area contributed by atoms with Gasteiger partial charge in [0.1, 0.15) is 22.2 Å². The second-order valence-electron chi connectivity index (χ2n) is 7.46. The van der Waals surface area contributed by atoms with Crippen molar-refractivity contribution in [3.05, 3.63) is 40.5 Å². The lowest BCUT2D eigenvalue weighted by atomic mass is 10.1. The maximum Gasteiger partial charge on any atom is 0.210 e. The molecule has 10 heteroatoms. The third kappa shape index (κ3) is 3.81. The number of aryl methyl sites for hydroxylation is 2. The second-order valence-corrected chi connectivity index (χ2v) is 9.49. The Morgan fingerprint density at radius 2 is 1.90 bits per heavy atom. The number of thiophene rings is 1. The minimum atomic E-state index is 0.515.